The van der Waals surface area contributed by atoms with Crippen molar-refractivity contribution in [2.24, 2.45) is 0 Å². The fourth-order valence-electron chi connectivity index (χ4n) is 3.77. The van der Waals surface area contributed by atoms with Crippen LogP contribution in [0.15, 0.2) is 42.5 Å². The molecule has 4 rings (SSSR count). The van der Waals surface area contributed by atoms with E-state index in [1.54, 1.807) is 30.3 Å². The van der Waals surface area contributed by atoms with Gasteiger partial charge in [-0.05, 0) is 74.6 Å². The van der Waals surface area contributed by atoms with Gasteiger partial charge in [-0.25, -0.2) is 0 Å². The lowest BCUT2D eigenvalue weighted by Gasteiger charge is -2.16. The van der Waals surface area contributed by atoms with Crippen LogP contribution in [0.5, 0.6) is 0 Å². The maximum atomic E-state index is 12.8. The summed E-state index contributed by atoms with van der Waals surface area (Å²) in [5.74, 6) is -0.709. The molecule has 0 aromatic heterocycles. The third-order valence-corrected chi connectivity index (χ3v) is 5.54. The molecule has 2 aliphatic rings. The Labute approximate surface area is 186 Å². The first-order valence-electron chi connectivity index (χ1n) is 10.9. The summed E-state index contributed by atoms with van der Waals surface area (Å²) < 4.78 is 10.8. The SMILES string of the molecule is Cc1ccc(NC(=O)c2ccc(NC(=O)[C@H]3CCCO3)cc2)c(NC(=O)[C@H]2CCCO2)c1. The Morgan fingerprint density at radius 1 is 0.781 bits per heavy atom. The van der Waals surface area contributed by atoms with Crippen molar-refractivity contribution in [2.45, 2.75) is 44.8 Å². The van der Waals surface area contributed by atoms with Crippen molar-refractivity contribution in [1.29, 1.82) is 0 Å². The zero-order valence-electron chi connectivity index (χ0n) is 18.0. The number of hydrogen-bond donors (Lipinski definition) is 3. The maximum Gasteiger partial charge on any atom is 0.255 e. The lowest BCUT2D eigenvalue weighted by molar-refractivity contribution is -0.125. The first-order valence-corrected chi connectivity index (χ1v) is 10.9. The quantitative estimate of drug-likeness (QED) is 0.642. The molecule has 0 unspecified atom stereocenters. The van der Waals surface area contributed by atoms with E-state index in [0.717, 1.165) is 18.4 Å². The van der Waals surface area contributed by atoms with Gasteiger partial charge in [0.15, 0.2) is 0 Å². The minimum atomic E-state index is -0.462. The summed E-state index contributed by atoms with van der Waals surface area (Å²) in [5, 5.41) is 8.53. The molecule has 3 amide bonds. The van der Waals surface area contributed by atoms with Crippen LogP contribution in [0.4, 0.5) is 17.1 Å². The number of rotatable bonds is 6. The number of aryl methyl sites for hydroxylation is 1. The molecule has 2 aliphatic heterocycles. The number of amides is 3. The molecule has 0 saturated carbocycles. The van der Waals surface area contributed by atoms with E-state index in [1.807, 2.05) is 19.1 Å². The Morgan fingerprint density at radius 2 is 1.41 bits per heavy atom. The second-order valence-corrected chi connectivity index (χ2v) is 8.06. The van der Waals surface area contributed by atoms with Crippen molar-refractivity contribution >= 4 is 34.8 Å². The monoisotopic (exact) mass is 437 g/mol. The van der Waals surface area contributed by atoms with Gasteiger partial charge in [0.1, 0.15) is 12.2 Å². The van der Waals surface area contributed by atoms with Crippen LogP contribution in [0.2, 0.25) is 0 Å². The molecule has 8 heteroatoms. The van der Waals surface area contributed by atoms with Gasteiger partial charge in [0.05, 0.1) is 11.4 Å². The highest BCUT2D eigenvalue weighted by molar-refractivity contribution is 6.08. The van der Waals surface area contributed by atoms with Crippen LogP contribution < -0.4 is 16.0 Å². The van der Waals surface area contributed by atoms with Crippen LogP contribution >= 0.6 is 0 Å². The molecule has 2 aromatic rings. The van der Waals surface area contributed by atoms with E-state index in [1.165, 1.54) is 0 Å². The largest absolute Gasteiger partial charge is 0.368 e. The fraction of sp³-hybridized carbons (Fsp3) is 0.375. The number of carbonyl (C=O) groups excluding carboxylic acids is 3. The standard InChI is InChI=1S/C24H27N3O5/c1-15-6-11-18(19(14-15)27-24(30)21-5-3-13-32-21)26-22(28)16-7-9-17(10-8-16)25-23(29)20-4-2-12-31-20/h6-11,14,20-21H,2-5,12-13H2,1H3,(H,25,29)(H,26,28)(H,27,30)/t20-,21-/m1/s1. The molecule has 2 fully saturated rings. The van der Waals surface area contributed by atoms with Gasteiger partial charge in [0.25, 0.3) is 17.7 Å². The second kappa shape index (κ2) is 9.93. The van der Waals surface area contributed by atoms with Crippen molar-refractivity contribution in [3.63, 3.8) is 0 Å². The summed E-state index contributed by atoms with van der Waals surface area (Å²) in [4.78, 5) is 37.4. The number of hydrogen-bond acceptors (Lipinski definition) is 5. The van der Waals surface area contributed by atoms with Gasteiger partial charge in [-0.1, -0.05) is 6.07 Å². The van der Waals surface area contributed by atoms with Crippen LogP contribution in [0.3, 0.4) is 0 Å². The zero-order valence-corrected chi connectivity index (χ0v) is 18.0. The summed E-state index contributed by atoms with van der Waals surface area (Å²) >= 11 is 0. The first-order chi connectivity index (χ1) is 15.5. The van der Waals surface area contributed by atoms with E-state index in [4.69, 9.17) is 9.47 Å². The fourth-order valence-corrected chi connectivity index (χ4v) is 3.77. The second-order valence-electron chi connectivity index (χ2n) is 8.06. The molecule has 2 atom stereocenters. The zero-order chi connectivity index (χ0) is 22.5. The van der Waals surface area contributed by atoms with Gasteiger partial charge >= 0.3 is 0 Å². The molecule has 8 nitrogen and oxygen atoms in total. The molecule has 168 valence electrons. The Balaban J connectivity index is 1.40. The van der Waals surface area contributed by atoms with Crippen LogP contribution in [-0.2, 0) is 19.1 Å². The third kappa shape index (κ3) is 5.33. The highest BCUT2D eigenvalue weighted by Gasteiger charge is 2.25. The van der Waals surface area contributed by atoms with Crippen LogP contribution in [0.25, 0.3) is 0 Å². The van der Waals surface area contributed by atoms with Crippen LogP contribution in [0.1, 0.15) is 41.6 Å². The summed E-state index contributed by atoms with van der Waals surface area (Å²) in [6, 6.07) is 12.1. The summed E-state index contributed by atoms with van der Waals surface area (Å²) in [6.07, 6.45) is 2.27. The topological polar surface area (TPSA) is 106 Å². The number of nitrogens with one attached hydrogen (secondary N) is 3. The Hall–Kier alpha value is -3.23. The molecule has 0 radical (unpaired) electrons. The van der Waals surface area contributed by atoms with Crippen molar-refractivity contribution in [1.82, 2.24) is 0 Å². The van der Waals surface area contributed by atoms with E-state index >= 15 is 0 Å². The third-order valence-electron chi connectivity index (χ3n) is 5.54. The van der Waals surface area contributed by atoms with Crippen LogP contribution in [0, 0.1) is 6.92 Å². The molecule has 2 heterocycles. The number of benzene rings is 2. The average Bonchev–Trinajstić information content (AvgIpc) is 3.50. The molecule has 0 bridgehead atoms. The Kier molecular flexibility index (Phi) is 6.82. The van der Waals surface area contributed by atoms with E-state index in [2.05, 4.69) is 16.0 Å². The van der Waals surface area contributed by atoms with Crippen LogP contribution in [-0.4, -0.2) is 43.1 Å². The van der Waals surface area contributed by atoms with E-state index in [9.17, 15) is 14.4 Å². The first kappa shape index (κ1) is 22.0. The summed E-state index contributed by atoms with van der Waals surface area (Å²) in [5.41, 5.74) is 3.01. The highest BCUT2D eigenvalue weighted by atomic mass is 16.5. The average molecular weight is 437 g/mol. The van der Waals surface area contributed by atoms with E-state index < -0.39 is 12.2 Å². The van der Waals surface area contributed by atoms with Crippen molar-refractivity contribution in [3.8, 4) is 0 Å². The van der Waals surface area contributed by atoms with Crippen molar-refractivity contribution < 1.29 is 23.9 Å². The van der Waals surface area contributed by atoms with Crippen molar-refractivity contribution in [2.75, 3.05) is 29.2 Å². The van der Waals surface area contributed by atoms with Crippen molar-refractivity contribution in [3.05, 3.63) is 53.6 Å². The maximum absolute atomic E-state index is 12.8. The predicted molar refractivity (Wildman–Crippen MR) is 121 cm³/mol. The van der Waals surface area contributed by atoms with E-state index in [-0.39, 0.29) is 17.7 Å². The summed E-state index contributed by atoms with van der Waals surface area (Å²) in [6.45, 7) is 3.10. The van der Waals surface area contributed by atoms with Gasteiger partial charge in [0.2, 0.25) is 0 Å². The smallest absolute Gasteiger partial charge is 0.255 e. The molecule has 2 saturated heterocycles. The van der Waals surface area contributed by atoms with Gasteiger partial charge < -0.3 is 25.4 Å². The number of anilines is 3. The lowest BCUT2D eigenvalue weighted by Crippen LogP contribution is -2.27. The highest BCUT2D eigenvalue weighted by Crippen LogP contribution is 2.25. The Bertz CT molecular complexity index is 993. The van der Waals surface area contributed by atoms with Gasteiger partial charge in [0, 0.05) is 24.5 Å². The molecule has 32 heavy (non-hydrogen) atoms. The molecule has 0 spiro atoms. The number of ether oxygens (including phenoxy) is 2. The minimum absolute atomic E-state index is 0.175. The summed E-state index contributed by atoms with van der Waals surface area (Å²) in [7, 11) is 0. The lowest BCUT2D eigenvalue weighted by atomic mass is 10.1. The molecule has 0 aliphatic carbocycles. The molecular weight excluding hydrogens is 410 g/mol. The molecular formula is C24H27N3O5. The normalized spacial score (nSPS) is 20.0. The Morgan fingerprint density at radius 3 is 2.00 bits per heavy atom. The minimum Gasteiger partial charge on any atom is -0.368 e. The van der Waals surface area contributed by atoms with Gasteiger partial charge in [-0.3, -0.25) is 14.4 Å². The molecule has 2 aromatic carbocycles. The van der Waals surface area contributed by atoms with E-state index in [0.29, 0.717) is 48.7 Å². The van der Waals surface area contributed by atoms with Gasteiger partial charge in [-0.15, -0.1) is 0 Å². The van der Waals surface area contributed by atoms with Gasteiger partial charge in [-0.2, -0.15) is 0 Å². The number of carbonyl (C=O) groups is 3. The predicted octanol–water partition coefficient (Wildman–Crippen LogP) is 3.48. The molecule has 3 N–H and O–H groups in total.